The number of benzene rings is 1. The van der Waals surface area contributed by atoms with E-state index in [2.05, 4.69) is 0 Å². The highest BCUT2D eigenvalue weighted by atomic mass is 16.3. The highest BCUT2D eigenvalue weighted by molar-refractivity contribution is 5.94. The minimum absolute atomic E-state index is 0.0869. The van der Waals surface area contributed by atoms with Gasteiger partial charge in [-0.05, 0) is 56.4 Å². The summed E-state index contributed by atoms with van der Waals surface area (Å²) in [6.07, 6.45) is 5.71. The van der Waals surface area contributed by atoms with Crippen molar-refractivity contribution in [2.75, 3.05) is 44.7 Å². The van der Waals surface area contributed by atoms with Crippen molar-refractivity contribution in [3.05, 3.63) is 29.8 Å². The summed E-state index contributed by atoms with van der Waals surface area (Å²) >= 11 is 0. The Morgan fingerprint density at radius 2 is 1.96 bits per heavy atom. The normalized spacial score (nSPS) is 20.2. The number of aliphatic hydroxyl groups excluding tert-OH is 1. The molecule has 1 atom stereocenters. The van der Waals surface area contributed by atoms with Gasteiger partial charge in [-0.25, -0.2) is 0 Å². The highest BCUT2D eigenvalue weighted by Gasteiger charge is 2.29. The van der Waals surface area contributed by atoms with Crippen LogP contribution in [0, 0.1) is 0 Å². The van der Waals surface area contributed by atoms with Crippen LogP contribution in [0.2, 0.25) is 0 Å². The third kappa shape index (κ3) is 4.80. The van der Waals surface area contributed by atoms with Gasteiger partial charge in [0.15, 0.2) is 0 Å². The zero-order chi connectivity index (χ0) is 19.2. The maximum absolute atomic E-state index is 13.1. The Hall–Kier alpha value is -2.08. The Morgan fingerprint density at radius 1 is 1.19 bits per heavy atom. The number of likely N-dealkylation sites (N-methyl/N-ethyl adjacent to an activating group) is 1. The number of piperidine rings is 1. The minimum atomic E-state index is 0.0869. The smallest absolute Gasteiger partial charge is 0.254 e. The fourth-order valence-corrected chi connectivity index (χ4v) is 4.12. The molecule has 2 heterocycles. The molecule has 2 fully saturated rings. The van der Waals surface area contributed by atoms with Gasteiger partial charge in [0, 0.05) is 56.9 Å². The summed E-state index contributed by atoms with van der Waals surface area (Å²) in [5.74, 6) is 0.343. The van der Waals surface area contributed by atoms with Crippen LogP contribution in [-0.4, -0.2) is 72.6 Å². The Labute approximate surface area is 161 Å². The Balaban J connectivity index is 1.63. The van der Waals surface area contributed by atoms with Gasteiger partial charge in [-0.3, -0.25) is 9.59 Å². The number of carbonyl (C=O) groups is 2. The molecular formula is C21H31N3O3. The first-order valence-electron chi connectivity index (χ1n) is 10.1. The number of amides is 2. The molecule has 0 saturated carbocycles. The van der Waals surface area contributed by atoms with Crippen LogP contribution in [0.15, 0.2) is 24.3 Å². The van der Waals surface area contributed by atoms with Crippen LogP contribution in [0.5, 0.6) is 0 Å². The zero-order valence-corrected chi connectivity index (χ0v) is 16.3. The molecule has 2 aliphatic rings. The molecule has 0 bridgehead atoms. The van der Waals surface area contributed by atoms with Crippen molar-refractivity contribution in [2.45, 2.75) is 44.6 Å². The maximum atomic E-state index is 13.1. The Kier molecular flexibility index (Phi) is 6.72. The van der Waals surface area contributed by atoms with E-state index in [-0.39, 0.29) is 24.5 Å². The van der Waals surface area contributed by atoms with Crippen molar-refractivity contribution in [1.82, 2.24) is 9.80 Å². The van der Waals surface area contributed by atoms with Gasteiger partial charge >= 0.3 is 0 Å². The van der Waals surface area contributed by atoms with Gasteiger partial charge in [0.25, 0.3) is 5.91 Å². The number of carbonyl (C=O) groups excluding carboxylic acids is 2. The van der Waals surface area contributed by atoms with Gasteiger partial charge in [0.05, 0.1) is 6.61 Å². The molecule has 0 unspecified atom stereocenters. The number of anilines is 1. The summed E-state index contributed by atoms with van der Waals surface area (Å²) in [5, 5.41) is 9.06. The third-order valence-corrected chi connectivity index (χ3v) is 5.78. The average Bonchev–Trinajstić information content (AvgIpc) is 3.11. The fraction of sp³-hybridized carbons (Fsp3) is 0.619. The van der Waals surface area contributed by atoms with E-state index in [1.807, 2.05) is 46.0 Å². The van der Waals surface area contributed by atoms with E-state index in [9.17, 15) is 9.59 Å². The van der Waals surface area contributed by atoms with Gasteiger partial charge in [-0.1, -0.05) is 0 Å². The fourth-order valence-electron chi connectivity index (χ4n) is 4.12. The van der Waals surface area contributed by atoms with E-state index in [0.717, 1.165) is 57.4 Å². The number of hydrogen-bond acceptors (Lipinski definition) is 4. The van der Waals surface area contributed by atoms with E-state index < -0.39 is 0 Å². The molecular weight excluding hydrogens is 342 g/mol. The van der Waals surface area contributed by atoms with Crippen LogP contribution >= 0.6 is 0 Å². The molecule has 1 N–H and O–H groups in total. The van der Waals surface area contributed by atoms with Crippen molar-refractivity contribution >= 4 is 17.5 Å². The van der Waals surface area contributed by atoms with Gasteiger partial charge in [0.2, 0.25) is 5.91 Å². The maximum Gasteiger partial charge on any atom is 0.254 e. The molecule has 6 heteroatoms. The molecule has 0 aliphatic carbocycles. The second-order valence-corrected chi connectivity index (χ2v) is 7.61. The second kappa shape index (κ2) is 9.22. The third-order valence-electron chi connectivity index (χ3n) is 5.78. The lowest BCUT2D eigenvalue weighted by Gasteiger charge is -2.36. The lowest BCUT2D eigenvalue weighted by Crippen LogP contribution is -2.45. The first-order valence-corrected chi connectivity index (χ1v) is 10.1. The van der Waals surface area contributed by atoms with Gasteiger partial charge < -0.3 is 19.8 Å². The number of hydrogen-bond donors (Lipinski definition) is 1. The van der Waals surface area contributed by atoms with Crippen LogP contribution in [0.4, 0.5) is 5.69 Å². The lowest BCUT2D eigenvalue weighted by molar-refractivity contribution is -0.127. The van der Waals surface area contributed by atoms with Crippen LogP contribution in [0.1, 0.15) is 48.9 Å². The molecule has 0 spiro atoms. The minimum Gasteiger partial charge on any atom is -0.395 e. The molecule has 2 aliphatic heterocycles. The number of likely N-dealkylation sites (tertiary alicyclic amines) is 2. The second-order valence-electron chi connectivity index (χ2n) is 7.61. The monoisotopic (exact) mass is 373 g/mol. The molecule has 148 valence electrons. The number of aliphatic hydroxyl groups is 1. The van der Waals surface area contributed by atoms with Crippen molar-refractivity contribution in [1.29, 1.82) is 0 Å². The van der Waals surface area contributed by atoms with Crippen LogP contribution in [0.25, 0.3) is 0 Å². The SMILES string of the molecule is CN(CCO)c1ccc(C(=O)N2CCCC[C@H]2CCN2CCCC2=O)cc1. The Bertz CT molecular complexity index is 647. The molecule has 6 nitrogen and oxygen atoms in total. The lowest BCUT2D eigenvalue weighted by atomic mass is 9.98. The van der Waals surface area contributed by atoms with Gasteiger partial charge in [-0.2, -0.15) is 0 Å². The summed E-state index contributed by atoms with van der Waals surface area (Å²) in [4.78, 5) is 30.8. The molecule has 0 radical (unpaired) electrons. The summed E-state index contributed by atoms with van der Waals surface area (Å²) in [7, 11) is 1.92. The highest BCUT2D eigenvalue weighted by Crippen LogP contribution is 2.24. The molecule has 3 rings (SSSR count). The number of nitrogens with zero attached hydrogens (tertiary/aromatic N) is 3. The average molecular weight is 373 g/mol. The first kappa shape index (κ1) is 19.7. The quantitative estimate of drug-likeness (QED) is 0.795. The van der Waals surface area contributed by atoms with E-state index >= 15 is 0 Å². The van der Waals surface area contributed by atoms with Gasteiger partial charge in [0.1, 0.15) is 0 Å². The van der Waals surface area contributed by atoms with Crippen LogP contribution in [0.3, 0.4) is 0 Å². The van der Waals surface area contributed by atoms with E-state index in [0.29, 0.717) is 18.5 Å². The summed E-state index contributed by atoms with van der Waals surface area (Å²) in [6.45, 7) is 3.09. The largest absolute Gasteiger partial charge is 0.395 e. The van der Waals surface area contributed by atoms with Crippen molar-refractivity contribution in [3.63, 3.8) is 0 Å². The van der Waals surface area contributed by atoms with Gasteiger partial charge in [-0.15, -0.1) is 0 Å². The molecule has 27 heavy (non-hydrogen) atoms. The predicted molar refractivity (Wildman–Crippen MR) is 106 cm³/mol. The summed E-state index contributed by atoms with van der Waals surface area (Å²) in [6, 6.07) is 7.84. The molecule has 0 aromatic heterocycles. The Morgan fingerprint density at radius 3 is 2.63 bits per heavy atom. The molecule has 2 saturated heterocycles. The van der Waals surface area contributed by atoms with E-state index in [4.69, 9.17) is 5.11 Å². The molecule has 1 aromatic rings. The molecule has 1 aromatic carbocycles. The van der Waals surface area contributed by atoms with Crippen molar-refractivity contribution < 1.29 is 14.7 Å². The summed E-state index contributed by atoms with van der Waals surface area (Å²) < 4.78 is 0. The van der Waals surface area contributed by atoms with E-state index in [1.54, 1.807) is 0 Å². The zero-order valence-electron chi connectivity index (χ0n) is 16.3. The van der Waals surface area contributed by atoms with Crippen molar-refractivity contribution in [3.8, 4) is 0 Å². The van der Waals surface area contributed by atoms with Crippen LogP contribution < -0.4 is 4.90 Å². The number of rotatable bonds is 7. The topological polar surface area (TPSA) is 64.1 Å². The first-order chi connectivity index (χ1) is 13.1. The van der Waals surface area contributed by atoms with Crippen molar-refractivity contribution in [2.24, 2.45) is 0 Å². The summed E-state index contributed by atoms with van der Waals surface area (Å²) in [5.41, 5.74) is 1.70. The molecule has 2 amide bonds. The standard InChI is InChI=1S/C21H31N3O3/c1-22(15-16-25)18-9-7-17(8-10-18)21(27)24-13-3-2-5-19(24)11-14-23-12-4-6-20(23)26/h7-10,19,25H,2-6,11-16H2,1H3/t19-/m0/s1. The predicted octanol–water partition coefficient (Wildman–Crippen LogP) is 2.12. The van der Waals surface area contributed by atoms with E-state index in [1.165, 1.54) is 0 Å². The van der Waals surface area contributed by atoms with Crippen LogP contribution in [-0.2, 0) is 4.79 Å².